The molecule has 134 valence electrons. The number of aliphatic carboxylic acids is 2. The minimum Gasteiger partial charge on any atom is -0.481 e. The molecule has 0 aromatic heterocycles. The smallest absolute Gasteiger partial charge is 0.336 e. The van der Waals surface area contributed by atoms with E-state index >= 15 is 0 Å². The van der Waals surface area contributed by atoms with Crippen LogP contribution in [-0.4, -0.2) is 33.1 Å². The molecule has 2 rings (SSSR count). The first-order valence-electron chi connectivity index (χ1n) is 7.65. The monoisotopic (exact) mass is 366 g/mol. The van der Waals surface area contributed by atoms with Crippen molar-refractivity contribution in [1.82, 2.24) is 0 Å². The zero-order chi connectivity index (χ0) is 18.6. The maximum atomic E-state index is 12.5. The molecule has 0 radical (unpaired) electrons. The van der Waals surface area contributed by atoms with Crippen molar-refractivity contribution in [2.45, 2.75) is 31.5 Å². The van der Waals surface area contributed by atoms with Crippen LogP contribution in [0.1, 0.15) is 31.0 Å². The molecule has 0 bridgehead atoms. The van der Waals surface area contributed by atoms with E-state index in [-0.39, 0.29) is 6.42 Å². The molecule has 0 fully saturated rings. The third-order valence-corrected chi connectivity index (χ3v) is 5.75. The lowest BCUT2D eigenvalue weighted by molar-refractivity contribution is -0.146. The van der Waals surface area contributed by atoms with Crippen molar-refractivity contribution in [2.24, 2.45) is 0 Å². The number of hydrogen-bond donors (Lipinski definition) is 3. The Balaban J connectivity index is 2.21. The number of rotatable bonds is 8. The van der Waals surface area contributed by atoms with Crippen LogP contribution < -0.4 is 0 Å². The van der Waals surface area contributed by atoms with Gasteiger partial charge in [-0.05, 0) is 29.7 Å². The van der Waals surface area contributed by atoms with Gasteiger partial charge in [0, 0.05) is 6.42 Å². The highest BCUT2D eigenvalue weighted by atomic mass is 31.2. The van der Waals surface area contributed by atoms with Crippen molar-refractivity contribution in [3.05, 3.63) is 48.0 Å². The van der Waals surface area contributed by atoms with Crippen molar-refractivity contribution < 1.29 is 33.8 Å². The van der Waals surface area contributed by atoms with Gasteiger partial charge in [-0.25, -0.2) is 4.79 Å². The summed E-state index contributed by atoms with van der Waals surface area (Å²) in [5.74, 6) is -2.67. The van der Waals surface area contributed by atoms with E-state index in [1.807, 2.05) is 24.3 Å². The second-order valence-electron chi connectivity index (χ2n) is 5.71. The molecule has 0 amide bonds. The molecule has 0 aliphatic carbocycles. The van der Waals surface area contributed by atoms with E-state index in [0.717, 1.165) is 10.8 Å². The Bertz CT molecular complexity index is 833. The predicted octanol–water partition coefficient (Wildman–Crippen LogP) is 3.42. The zero-order valence-corrected chi connectivity index (χ0v) is 14.4. The first-order chi connectivity index (χ1) is 11.7. The summed E-state index contributed by atoms with van der Waals surface area (Å²) < 4.78 is 17.5. The van der Waals surface area contributed by atoms with Crippen LogP contribution in [0.5, 0.6) is 0 Å². The summed E-state index contributed by atoms with van der Waals surface area (Å²) in [7, 11) is -4.33. The average molecular weight is 366 g/mol. The van der Waals surface area contributed by atoms with E-state index in [1.54, 1.807) is 18.2 Å². The minimum absolute atomic E-state index is 0.389. The Kier molecular flexibility index (Phi) is 5.95. The Hall–Kier alpha value is -2.21. The van der Waals surface area contributed by atoms with E-state index in [9.17, 15) is 19.0 Å². The third-order valence-electron chi connectivity index (χ3n) is 3.92. The predicted molar refractivity (Wildman–Crippen MR) is 91.6 cm³/mol. The SMILES string of the molecule is CC(c1ccc2ccccc2c1)P(=O)(O)OC(CCC(=O)O)C(=O)O. The largest absolute Gasteiger partial charge is 0.481 e. The summed E-state index contributed by atoms with van der Waals surface area (Å²) in [6.07, 6.45) is -2.52. The Morgan fingerprint density at radius 2 is 1.76 bits per heavy atom. The maximum Gasteiger partial charge on any atom is 0.336 e. The van der Waals surface area contributed by atoms with E-state index in [0.29, 0.717) is 5.56 Å². The molecule has 7 nitrogen and oxygen atoms in total. The van der Waals surface area contributed by atoms with Crippen molar-refractivity contribution in [3.63, 3.8) is 0 Å². The summed E-state index contributed by atoms with van der Waals surface area (Å²) in [4.78, 5) is 32.0. The normalized spacial score (nSPS) is 16.1. The van der Waals surface area contributed by atoms with Crippen molar-refractivity contribution in [1.29, 1.82) is 0 Å². The molecule has 0 heterocycles. The first kappa shape index (κ1) is 19.1. The quantitative estimate of drug-likeness (QED) is 0.612. The molecular weight excluding hydrogens is 347 g/mol. The van der Waals surface area contributed by atoms with Gasteiger partial charge in [-0.3, -0.25) is 13.9 Å². The molecule has 2 aromatic carbocycles. The molecule has 0 saturated carbocycles. The summed E-state index contributed by atoms with van der Waals surface area (Å²) in [6.45, 7) is 1.47. The molecule has 0 saturated heterocycles. The van der Waals surface area contributed by atoms with E-state index in [2.05, 4.69) is 0 Å². The van der Waals surface area contributed by atoms with Gasteiger partial charge >= 0.3 is 19.5 Å². The van der Waals surface area contributed by atoms with Crippen LogP contribution in [-0.2, 0) is 18.7 Å². The molecule has 3 unspecified atom stereocenters. The van der Waals surface area contributed by atoms with Crippen LogP contribution in [0.2, 0.25) is 0 Å². The third kappa shape index (κ3) is 4.89. The van der Waals surface area contributed by atoms with Gasteiger partial charge in [0.2, 0.25) is 0 Å². The standard InChI is InChI=1S/C17H19O7P/c1-11(13-7-6-12-4-2-3-5-14(12)10-13)25(22,23)24-15(17(20)21)8-9-16(18)19/h2-7,10-11,15H,8-9H2,1H3,(H,18,19)(H,20,21)(H,22,23). The zero-order valence-electron chi connectivity index (χ0n) is 13.5. The number of carboxylic acid groups (broad SMARTS) is 2. The molecule has 0 spiro atoms. The van der Waals surface area contributed by atoms with Crippen LogP contribution in [0.25, 0.3) is 10.8 Å². The molecule has 0 aliphatic heterocycles. The van der Waals surface area contributed by atoms with Gasteiger partial charge in [-0.15, -0.1) is 0 Å². The molecule has 0 aliphatic rings. The van der Waals surface area contributed by atoms with Crippen LogP contribution in [0.15, 0.2) is 42.5 Å². The van der Waals surface area contributed by atoms with Gasteiger partial charge in [-0.2, -0.15) is 0 Å². The van der Waals surface area contributed by atoms with Crippen molar-refractivity contribution in [3.8, 4) is 0 Å². The highest BCUT2D eigenvalue weighted by Crippen LogP contribution is 2.57. The van der Waals surface area contributed by atoms with E-state index in [1.165, 1.54) is 6.92 Å². The van der Waals surface area contributed by atoms with Crippen molar-refractivity contribution in [2.75, 3.05) is 0 Å². The summed E-state index contributed by atoms with van der Waals surface area (Å²) in [6, 6.07) is 12.7. The van der Waals surface area contributed by atoms with Crippen LogP contribution in [0, 0.1) is 0 Å². The summed E-state index contributed by atoms with van der Waals surface area (Å²) in [5.41, 5.74) is -0.421. The van der Waals surface area contributed by atoms with E-state index < -0.39 is 37.7 Å². The fourth-order valence-electron chi connectivity index (χ4n) is 2.41. The fourth-order valence-corrected chi connectivity index (χ4v) is 3.69. The van der Waals surface area contributed by atoms with Gasteiger partial charge in [0.05, 0.1) is 5.66 Å². The average Bonchev–Trinajstić information content (AvgIpc) is 2.57. The number of hydrogen-bond acceptors (Lipinski definition) is 4. The van der Waals surface area contributed by atoms with Crippen molar-refractivity contribution >= 4 is 30.3 Å². The fraction of sp³-hybridized carbons (Fsp3) is 0.294. The number of carboxylic acids is 2. The topological polar surface area (TPSA) is 121 Å². The second-order valence-corrected chi connectivity index (χ2v) is 7.83. The van der Waals surface area contributed by atoms with Crippen LogP contribution in [0.4, 0.5) is 0 Å². The molecule has 25 heavy (non-hydrogen) atoms. The lowest BCUT2D eigenvalue weighted by atomic mass is 10.1. The van der Waals surface area contributed by atoms with Gasteiger partial charge in [0.15, 0.2) is 6.10 Å². The Morgan fingerprint density at radius 1 is 1.12 bits per heavy atom. The summed E-state index contributed by atoms with van der Waals surface area (Å²) >= 11 is 0. The Morgan fingerprint density at radius 3 is 2.36 bits per heavy atom. The molecule has 8 heteroatoms. The highest BCUT2D eigenvalue weighted by molar-refractivity contribution is 7.53. The number of carbonyl (C=O) groups is 2. The lowest BCUT2D eigenvalue weighted by Crippen LogP contribution is -2.24. The highest BCUT2D eigenvalue weighted by Gasteiger charge is 2.35. The molecule has 2 aromatic rings. The van der Waals surface area contributed by atoms with E-state index in [4.69, 9.17) is 14.7 Å². The van der Waals surface area contributed by atoms with Gasteiger partial charge in [-0.1, -0.05) is 42.5 Å². The van der Waals surface area contributed by atoms with Gasteiger partial charge in [0.25, 0.3) is 0 Å². The lowest BCUT2D eigenvalue weighted by Gasteiger charge is -2.23. The Labute approximate surface area is 144 Å². The number of benzene rings is 2. The molecule has 3 atom stereocenters. The first-order valence-corrected chi connectivity index (χ1v) is 9.29. The maximum absolute atomic E-state index is 12.5. The second kappa shape index (κ2) is 7.78. The van der Waals surface area contributed by atoms with Crippen LogP contribution >= 0.6 is 7.60 Å². The molecular formula is C17H19O7P. The van der Waals surface area contributed by atoms with Crippen LogP contribution in [0.3, 0.4) is 0 Å². The molecule has 3 N–H and O–H groups in total. The minimum atomic E-state index is -4.33. The van der Waals surface area contributed by atoms with Gasteiger partial charge in [0.1, 0.15) is 0 Å². The number of fused-ring (bicyclic) bond motifs is 1. The summed E-state index contributed by atoms with van der Waals surface area (Å²) in [5, 5.41) is 19.6. The van der Waals surface area contributed by atoms with Gasteiger partial charge < -0.3 is 15.1 Å².